The number of nitrogens with one attached hydrogen (secondary N) is 3. The maximum absolute atomic E-state index is 11.2. The van der Waals surface area contributed by atoms with E-state index in [1.54, 1.807) is 6.34 Å². The maximum atomic E-state index is 11.2. The van der Waals surface area contributed by atoms with Gasteiger partial charge in [-0.3, -0.25) is 34.2 Å². The lowest BCUT2D eigenvalue weighted by Gasteiger charge is -2.35. The molecule has 0 radical (unpaired) electrons. The van der Waals surface area contributed by atoms with Gasteiger partial charge in [0.1, 0.15) is 5.84 Å². The summed E-state index contributed by atoms with van der Waals surface area (Å²) in [6.45, 7) is 26.9. The van der Waals surface area contributed by atoms with Crippen molar-refractivity contribution in [3.05, 3.63) is 0 Å². The normalized spacial score (nSPS) is 22.1. The van der Waals surface area contributed by atoms with E-state index in [4.69, 9.17) is 0 Å². The van der Waals surface area contributed by atoms with Gasteiger partial charge in [0.15, 0.2) is 0 Å². The Hall–Kier alpha value is -3.44. The van der Waals surface area contributed by atoms with Crippen LogP contribution in [0.4, 0.5) is 0 Å². The molecule has 12 nitrogen and oxygen atoms in total. The summed E-state index contributed by atoms with van der Waals surface area (Å²) in [5.74, 6) is 1.07. The summed E-state index contributed by atoms with van der Waals surface area (Å²) in [4.78, 5) is 62.1. The van der Waals surface area contributed by atoms with E-state index in [-0.39, 0.29) is 57.4 Å². The second-order valence-corrected chi connectivity index (χ2v) is 15.4. The number of hydrogen-bond acceptors (Lipinski definition) is 8. The summed E-state index contributed by atoms with van der Waals surface area (Å²) < 4.78 is 0. The Morgan fingerprint density at radius 3 is 1.80 bits per heavy atom. The van der Waals surface area contributed by atoms with Crippen LogP contribution in [0, 0.1) is 22.2 Å². The van der Waals surface area contributed by atoms with Crippen molar-refractivity contribution in [3.8, 4) is 0 Å². The molecule has 44 heavy (non-hydrogen) atoms. The quantitative estimate of drug-likeness (QED) is 0.378. The lowest BCUT2D eigenvalue weighted by Crippen LogP contribution is -2.43. The highest BCUT2D eigenvalue weighted by Crippen LogP contribution is 2.27. The van der Waals surface area contributed by atoms with Gasteiger partial charge >= 0.3 is 0 Å². The largest absolute Gasteiger partial charge is 0.357 e. The van der Waals surface area contributed by atoms with E-state index >= 15 is 0 Å². The van der Waals surface area contributed by atoms with Crippen molar-refractivity contribution in [1.82, 2.24) is 20.9 Å². The molecule has 0 saturated heterocycles. The molecule has 0 spiro atoms. The first-order valence-electron chi connectivity index (χ1n) is 15.3. The molecule has 2 atom stereocenters. The zero-order valence-corrected chi connectivity index (χ0v) is 29.0. The highest BCUT2D eigenvalue weighted by atomic mass is 16.2. The third kappa shape index (κ3) is 14.4. The van der Waals surface area contributed by atoms with Crippen LogP contribution in [0.15, 0.2) is 20.0 Å². The molecular formula is C32H56N8O4. The minimum atomic E-state index is -0.0317. The van der Waals surface area contributed by atoms with Crippen molar-refractivity contribution < 1.29 is 19.2 Å². The van der Waals surface area contributed by atoms with E-state index in [2.05, 4.69) is 103 Å². The lowest BCUT2D eigenvalue weighted by atomic mass is 9.80. The van der Waals surface area contributed by atoms with E-state index in [0.717, 1.165) is 12.4 Å². The number of hydrogen-bond donors (Lipinski definition) is 3. The predicted octanol–water partition coefficient (Wildman–Crippen LogP) is 3.75. The van der Waals surface area contributed by atoms with Gasteiger partial charge in [-0.1, -0.05) is 62.3 Å². The van der Waals surface area contributed by atoms with Crippen LogP contribution in [0.3, 0.4) is 0 Å². The third-order valence-corrected chi connectivity index (χ3v) is 7.15. The molecule has 4 aliphatic heterocycles. The molecule has 0 aromatic rings. The second kappa shape index (κ2) is 16.0. The monoisotopic (exact) mass is 616 g/mol. The fraction of sp³-hybridized carbons (Fsp3) is 0.750. The van der Waals surface area contributed by atoms with Gasteiger partial charge in [-0.25, -0.2) is 4.99 Å². The first-order chi connectivity index (χ1) is 20.0. The van der Waals surface area contributed by atoms with Crippen molar-refractivity contribution in [2.45, 2.75) is 114 Å². The molecule has 2 unspecified atom stereocenters. The molecule has 3 N–H and O–H groups in total. The number of rotatable bonds is 0. The smallest absolute Gasteiger partial charge is 0.248 e. The fourth-order valence-electron chi connectivity index (χ4n) is 4.04. The highest BCUT2D eigenvalue weighted by molar-refractivity contribution is 6.02. The van der Waals surface area contributed by atoms with Crippen LogP contribution in [0.2, 0.25) is 0 Å². The molecule has 248 valence electrons. The summed E-state index contributed by atoms with van der Waals surface area (Å²) >= 11 is 0. The maximum Gasteiger partial charge on any atom is 0.248 e. The minimum absolute atomic E-state index is 0.00880. The summed E-state index contributed by atoms with van der Waals surface area (Å²) in [6, 6.07) is 0.135. The van der Waals surface area contributed by atoms with Crippen LogP contribution in [0.5, 0.6) is 0 Å². The lowest BCUT2D eigenvalue weighted by molar-refractivity contribution is -0.126. The van der Waals surface area contributed by atoms with Crippen LogP contribution in [0.25, 0.3) is 0 Å². The summed E-state index contributed by atoms with van der Waals surface area (Å²) in [5.41, 5.74) is 0.163. The van der Waals surface area contributed by atoms with Gasteiger partial charge in [0.2, 0.25) is 23.6 Å². The second-order valence-electron chi connectivity index (χ2n) is 15.4. The topological polar surface area (TPSA) is 157 Å². The Morgan fingerprint density at radius 2 is 1.43 bits per heavy atom. The van der Waals surface area contributed by atoms with Crippen molar-refractivity contribution in [3.63, 3.8) is 0 Å². The van der Waals surface area contributed by atoms with Gasteiger partial charge in [0.05, 0.1) is 37.5 Å². The minimum Gasteiger partial charge on any atom is -0.357 e. The van der Waals surface area contributed by atoms with Gasteiger partial charge in [0, 0.05) is 43.3 Å². The van der Waals surface area contributed by atoms with Crippen LogP contribution >= 0.6 is 0 Å². The average molecular weight is 617 g/mol. The number of aliphatic imine (C=N–C) groups is 4. The highest BCUT2D eigenvalue weighted by Gasteiger charge is 2.32. The van der Waals surface area contributed by atoms with Crippen molar-refractivity contribution in [2.75, 3.05) is 19.6 Å². The Kier molecular flexibility index (Phi) is 14.1. The number of carbonyl (C=O) groups excluding carboxylic acids is 4. The first kappa shape index (κ1) is 38.6. The van der Waals surface area contributed by atoms with Gasteiger partial charge in [0.25, 0.3) is 0 Å². The fourth-order valence-corrected chi connectivity index (χ4v) is 4.04. The van der Waals surface area contributed by atoms with Crippen LogP contribution in [0.1, 0.15) is 102 Å². The predicted molar refractivity (Wildman–Crippen MR) is 178 cm³/mol. The van der Waals surface area contributed by atoms with Crippen molar-refractivity contribution >= 4 is 48.5 Å². The van der Waals surface area contributed by atoms with Crippen molar-refractivity contribution in [2.24, 2.45) is 42.1 Å². The molecule has 4 amide bonds. The average Bonchev–Trinajstić information content (AvgIpc) is 2.88. The van der Waals surface area contributed by atoms with Gasteiger partial charge in [-0.05, 0) is 31.6 Å². The Bertz CT molecular complexity index is 1130. The Morgan fingerprint density at radius 1 is 0.795 bits per heavy atom. The molecule has 0 fully saturated rings. The summed E-state index contributed by atoms with van der Waals surface area (Å²) in [6.07, 6.45) is 6.21. The van der Waals surface area contributed by atoms with E-state index in [1.165, 1.54) is 12.7 Å². The van der Waals surface area contributed by atoms with E-state index < -0.39 is 0 Å². The molecule has 4 rings (SSSR count). The zero-order chi connectivity index (χ0) is 33.9. The molecule has 4 aliphatic rings. The van der Waals surface area contributed by atoms with E-state index in [1.807, 2.05) is 20.8 Å². The van der Waals surface area contributed by atoms with E-state index in [0.29, 0.717) is 32.4 Å². The number of nitrogens with zero attached hydrogens (tertiary/aromatic N) is 5. The summed E-state index contributed by atoms with van der Waals surface area (Å²) in [7, 11) is 0. The Balaban J connectivity index is 0.000000293. The molecule has 0 aromatic carbocycles. The third-order valence-electron chi connectivity index (χ3n) is 7.15. The standard InChI is InChI=1S/4C8H14N2O/c1-8(2,3)6-4-9-5-10-7(6)11;1-8(2,3)6-4-7(11)10-5-9-6;1-8(2,3)10-5-4-7(11)9-6-10;1-8(2,3)7-9-5-4-6(11)10-7/h2*5-6H,4H2,1-3H3,(H,9,10,11);6H,4-5H2,1-3H3;4-5H2,1-3H3,(H,9,10,11). The van der Waals surface area contributed by atoms with Gasteiger partial charge in [-0.15, -0.1) is 0 Å². The van der Waals surface area contributed by atoms with Crippen LogP contribution in [-0.4, -0.2) is 84.6 Å². The van der Waals surface area contributed by atoms with Gasteiger partial charge < -0.3 is 20.9 Å². The van der Waals surface area contributed by atoms with E-state index in [9.17, 15) is 19.2 Å². The number of carbonyl (C=O) groups is 4. The number of amides is 4. The number of amidine groups is 1. The molecule has 0 saturated carbocycles. The SMILES string of the molecule is CC(C)(C)C1=NCCC(=O)N1.CC(C)(C)C1CC(=O)NC=N1.CC(C)(C)C1CN=CNC1=O.CC(C)(C)N1C=NC(=O)CC1. The van der Waals surface area contributed by atoms with Crippen molar-refractivity contribution in [1.29, 1.82) is 0 Å². The molecule has 0 aliphatic carbocycles. The zero-order valence-electron chi connectivity index (χ0n) is 29.0. The molecule has 0 bridgehead atoms. The van der Waals surface area contributed by atoms with Crippen LogP contribution < -0.4 is 16.0 Å². The molecule has 12 heteroatoms. The molecule has 4 heterocycles. The molecular weight excluding hydrogens is 560 g/mol. The van der Waals surface area contributed by atoms with Crippen LogP contribution in [-0.2, 0) is 19.2 Å². The molecule has 0 aromatic heterocycles. The van der Waals surface area contributed by atoms with Gasteiger partial charge in [-0.2, -0.15) is 0 Å². The summed E-state index contributed by atoms with van der Waals surface area (Å²) in [5, 5.41) is 7.93. The first-order valence-corrected chi connectivity index (χ1v) is 15.3. The Labute approximate surface area is 264 Å².